The summed E-state index contributed by atoms with van der Waals surface area (Å²) in [7, 11) is 1.33. The standard InChI is InChI=1S/C29H25Cl3N2O5/c1-3-14-4-6-15(7-5-14)34-24(36)19-11-10-17-20(22(19)25(34)37)13-28(31)26(38)33(2)27(39)29(28,32)23(17)18-9-8-16(35)12-21(18)30/h4-10,12,19-20,22-23,35H,3,11,13H2,1-2H3. The molecule has 202 valence electrons. The highest BCUT2D eigenvalue weighted by atomic mass is 35.5. The molecule has 6 atom stereocenters. The van der Waals surface area contributed by atoms with E-state index in [1.807, 2.05) is 25.1 Å². The number of rotatable bonds is 3. The molecule has 10 heteroatoms. The maximum absolute atomic E-state index is 14.0. The lowest BCUT2D eigenvalue weighted by Crippen LogP contribution is -2.60. The van der Waals surface area contributed by atoms with Gasteiger partial charge in [-0.1, -0.05) is 48.4 Å². The minimum absolute atomic E-state index is 0.0817. The number of anilines is 1. The molecule has 39 heavy (non-hydrogen) atoms. The number of aryl methyl sites for hydroxylation is 1. The van der Waals surface area contributed by atoms with E-state index >= 15 is 0 Å². The molecular formula is C29H25Cl3N2O5. The van der Waals surface area contributed by atoms with E-state index in [-0.39, 0.29) is 35.4 Å². The van der Waals surface area contributed by atoms with E-state index in [1.54, 1.807) is 18.2 Å². The van der Waals surface area contributed by atoms with E-state index in [0.717, 1.165) is 16.9 Å². The number of imide groups is 2. The van der Waals surface area contributed by atoms with Crippen LogP contribution in [0.4, 0.5) is 5.69 Å². The van der Waals surface area contributed by atoms with Crippen molar-refractivity contribution in [3.8, 4) is 5.75 Å². The molecule has 0 radical (unpaired) electrons. The molecule has 0 spiro atoms. The maximum atomic E-state index is 14.0. The van der Waals surface area contributed by atoms with Crippen LogP contribution < -0.4 is 4.90 Å². The van der Waals surface area contributed by atoms with Crippen molar-refractivity contribution in [3.63, 3.8) is 0 Å². The third-order valence-corrected chi connectivity index (χ3v) is 10.7. The predicted molar refractivity (Wildman–Crippen MR) is 147 cm³/mol. The Balaban J connectivity index is 1.50. The monoisotopic (exact) mass is 586 g/mol. The lowest BCUT2D eigenvalue weighted by atomic mass is 9.56. The Morgan fingerprint density at radius 1 is 0.974 bits per heavy atom. The summed E-state index contributed by atoms with van der Waals surface area (Å²) in [5.74, 6) is -5.10. The van der Waals surface area contributed by atoms with E-state index in [2.05, 4.69) is 0 Å². The van der Waals surface area contributed by atoms with Gasteiger partial charge in [-0.2, -0.15) is 0 Å². The summed E-state index contributed by atoms with van der Waals surface area (Å²) in [6.45, 7) is 2.02. The maximum Gasteiger partial charge on any atom is 0.253 e. The Morgan fingerprint density at radius 3 is 2.31 bits per heavy atom. The van der Waals surface area contributed by atoms with Gasteiger partial charge in [-0.25, -0.2) is 0 Å². The summed E-state index contributed by atoms with van der Waals surface area (Å²) in [5.41, 5.74) is 2.63. The first kappa shape index (κ1) is 26.4. The Hall–Kier alpha value is -2.87. The molecule has 0 aromatic heterocycles. The molecule has 3 fully saturated rings. The number of amides is 4. The van der Waals surface area contributed by atoms with Crippen molar-refractivity contribution < 1.29 is 24.3 Å². The number of nitrogens with zero attached hydrogens (tertiary/aromatic N) is 2. The number of benzene rings is 2. The fourth-order valence-corrected chi connectivity index (χ4v) is 8.27. The number of halogens is 3. The van der Waals surface area contributed by atoms with Crippen molar-refractivity contribution in [2.75, 3.05) is 11.9 Å². The molecule has 2 heterocycles. The average Bonchev–Trinajstić information content (AvgIpc) is 3.24. The molecule has 6 rings (SSSR count). The number of carbonyl (C=O) groups is 4. The Labute approximate surface area is 240 Å². The van der Waals surface area contributed by atoms with Gasteiger partial charge in [0.1, 0.15) is 5.75 Å². The summed E-state index contributed by atoms with van der Waals surface area (Å²) in [6.07, 6.45) is 2.85. The van der Waals surface area contributed by atoms with Crippen molar-refractivity contribution in [2.45, 2.75) is 41.9 Å². The van der Waals surface area contributed by atoms with Crippen molar-refractivity contribution in [3.05, 3.63) is 70.3 Å². The number of phenolic OH excluding ortho intramolecular Hbond substituents is 1. The van der Waals surface area contributed by atoms with Crippen LogP contribution in [0, 0.1) is 17.8 Å². The van der Waals surface area contributed by atoms with Crippen LogP contribution in [0.25, 0.3) is 0 Å². The topological polar surface area (TPSA) is 95.0 Å². The number of carbonyl (C=O) groups excluding carboxylic acids is 4. The highest BCUT2D eigenvalue weighted by molar-refractivity contribution is 6.53. The molecule has 2 aromatic carbocycles. The zero-order valence-electron chi connectivity index (χ0n) is 21.2. The van der Waals surface area contributed by atoms with Crippen LogP contribution in [0.1, 0.15) is 36.8 Å². The number of likely N-dealkylation sites (tertiary alicyclic amines) is 1. The zero-order valence-corrected chi connectivity index (χ0v) is 23.4. The fraction of sp³-hybridized carbons (Fsp3) is 0.379. The molecule has 1 N–H and O–H groups in total. The van der Waals surface area contributed by atoms with Gasteiger partial charge in [0.05, 0.1) is 17.5 Å². The van der Waals surface area contributed by atoms with Crippen molar-refractivity contribution in [1.29, 1.82) is 0 Å². The number of hydrogen-bond acceptors (Lipinski definition) is 5. The number of fused-ring (bicyclic) bond motifs is 4. The highest BCUT2D eigenvalue weighted by Gasteiger charge is 2.76. The van der Waals surface area contributed by atoms with Crippen LogP contribution in [0.2, 0.25) is 5.02 Å². The normalized spacial score (nSPS) is 33.7. The van der Waals surface area contributed by atoms with Gasteiger partial charge in [0, 0.05) is 18.0 Å². The van der Waals surface area contributed by atoms with Gasteiger partial charge in [0.15, 0.2) is 9.75 Å². The van der Waals surface area contributed by atoms with E-state index < -0.39 is 45.2 Å². The first-order valence-corrected chi connectivity index (χ1v) is 13.9. The molecule has 6 unspecified atom stereocenters. The molecule has 7 nitrogen and oxygen atoms in total. The lowest BCUT2D eigenvalue weighted by molar-refractivity contribution is -0.138. The summed E-state index contributed by atoms with van der Waals surface area (Å²) in [6, 6.07) is 11.6. The molecule has 2 saturated heterocycles. The zero-order chi connectivity index (χ0) is 28.0. The first-order chi connectivity index (χ1) is 18.5. The number of alkyl halides is 2. The SMILES string of the molecule is CCc1ccc(N2C(=O)C3CC=C4C(CC5(Cl)C(=O)N(C)C(=O)C5(Cl)C4c4ccc(O)cc4Cl)C3C2=O)cc1. The molecule has 2 aliphatic carbocycles. The highest BCUT2D eigenvalue weighted by Crippen LogP contribution is 2.66. The van der Waals surface area contributed by atoms with Crippen LogP contribution in [-0.4, -0.2) is 50.4 Å². The second-order valence-corrected chi connectivity index (χ2v) is 12.4. The molecule has 4 aliphatic rings. The van der Waals surface area contributed by atoms with Gasteiger partial charge in [-0.3, -0.25) is 29.0 Å². The Morgan fingerprint density at radius 2 is 1.67 bits per heavy atom. The second-order valence-electron chi connectivity index (χ2n) is 10.7. The summed E-state index contributed by atoms with van der Waals surface area (Å²) in [5, 5.41) is 10.1. The fourth-order valence-electron chi connectivity index (χ4n) is 6.97. The van der Waals surface area contributed by atoms with Crippen molar-refractivity contribution in [1.82, 2.24) is 4.90 Å². The van der Waals surface area contributed by atoms with Crippen molar-refractivity contribution in [2.24, 2.45) is 17.8 Å². The molecule has 2 aliphatic heterocycles. The minimum Gasteiger partial charge on any atom is -0.508 e. The Kier molecular flexibility index (Phi) is 5.96. The summed E-state index contributed by atoms with van der Waals surface area (Å²) < 4.78 is 0. The molecular weight excluding hydrogens is 563 g/mol. The van der Waals surface area contributed by atoms with Gasteiger partial charge in [0.25, 0.3) is 11.8 Å². The third-order valence-electron chi connectivity index (χ3n) is 8.91. The predicted octanol–water partition coefficient (Wildman–Crippen LogP) is 4.80. The summed E-state index contributed by atoms with van der Waals surface area (Å²) in [4.78, 5) is 53.0. The average molecular weight is 588 g/mol. The van der Waals surface area contributed by atoms with E-state index in [9.17, 15) is 24.3 Å². The van der Waals surface area contributed by atoms with Crippen LogP contribution >= 0.6 is 34.8 Å². The van der Waals surface area contributed by atoms with Gasteiger partial charge in [0.2, 0.25) is 11.8 Å². The first-order valence-electron chi connectivity index (χ1n) is 12.8. The summed E-state index contributed by atoms with van der Waals surface area (Å²) >= 11 is 20.8. The number of aromatic hydroxyl groups is 1. The van der Waals surface area contributed by atoms with Crippen LogP contribution in [-0.2, 0) is 25.6 Å². The second kappa shape index (κ2) is 8.82. The molecule has 4 amide bonds. The van der Waals surface area contributed by atoms with Gasteiger partial charge in [-0.05, 0) is 60.6 Å². The largest absolute Gasteiger partial charge is 0.508 e. The molecule has 2 aromatic rings. The third kappa shape index (κ3) is 3.36. The number of allylic oxidation sites excluding steroid dienone is 2. The van der Waals surface area contributed by atoms with E-state index in [0.29, 0.717) is 16.8 Å². The van der Waals surface area contributed by atoms with Crippen LogP contribution in [0.5, 0.6) is 5.75 Å². The lowest BCUT2D eigenvalue weighted by Gasteiger charge is -2.51. The van der Waals surface area contributed by atoms with Gasteiger partial charge >= 0.3 is 0 Å². The smallest absolute Gasteiger partial charge is 0.253 e. The quantitative estimate of drug-likeness (QED) is 0.316. The van der Waals surface area contributed by atoms with Gasteiger partial charge in [-0.15, -0.1) is 23.2 Å². The molecule has 1 saturated carbocycles. The van der Waals surface area contributed by atoms with Crippen LogP contribution in [0.15, 0.2) is 54.1 Å². The molecule has 0 bridgehead atoms. The Bertz CT molecular complexity index is 1490. The van der Waals surface area contributed by atoms with Crippen LogP contribution in [0.3, 0.4) is 0 Å². The minimum atomic E-state index is -1.92. The van der Waals surface area contributed by atoms with Gasteiger partial charge < -0.3 is 5.11 Å². The number of phenols is 1. The van der Waals surface area contributed by atoms with E-state index in [1.165, 1.54) is 24.1 Å². The van der Waals surface area contributed by atoms with E-state index in [4.69, 9.17) is 34.8 Å². The number of hydrogen-bond donors (Lipinski definition) is 1. The van der Waals surface area contributed by atoms with Crippen molar-refractivity contribution >= 4 is 64.1 Å².